The van der Waals surface area contributed by atoms with E-state index in [9.17, 15) is 9.59 Å². The van der Waals surface area contributed by atoms with Crippen LogP contribution in [-0.2, 0) is 27.1 Å². The summed E-state index contributed by atoms with van der Waals surface area (Å²) < 4.78 is 4.60. The molecule has 7 heteroatoms. The molecule has 0 aliphatic heterocycles. The van der Waals surface area contributed by atoms with Gasteiger partial charge in [0.15, 0.2) is 11.2 Å². The van der Waals surface area contributed by atoms with Crippen LogP contribution >= 0.6 is 0 Å². The number of hydrogen-bond acceptors (Lipinski definition) is 4. The van der Waals surface area contributed by atoms with Gasteiger partial charge in [-0.15, -0.1) is 0 Å². The smallest absolute Gasteiger partial charge is 0.321 e. The zero-order valence-electron chi connectivity index (χ0n) is 16.5. The monoisotopic (exact) mass is 369 g/mol. The number of fused-ring (bicyclic) bond motifs is 1. The summed E-state index contributed by atoms with van der Waals surface area (Å²) in [4.78, 5) is 32.2. The maximum Gasteiger partial charge on any atom is 0.332 e. The molecule has 0 unspecified atom stereocenters. The zero-order chi connectivity index (χ0) is 19.6. The maximum atomic E-state index is 12.8. The van der Waals surface area contributed by atoms with E-state index in [4.69, 9.17) is 4.98 Å². The van der Waals surface area contributed by atoms with Crippen molar-refractivity contribution in [1.82, 2.24) is 23.6 Å². The lowest BCUT2D eigenvalue weighted by molar-refractivity contribution is 0.290. The Morgan fingerprint density at radius 2 is 1.67 bits per heavy atom. The lowest BCUT2D eigenvalue weighted by Gasteiger charge is -2.19. The van der Waals surface area contributed by atoms with Crippen LogP contribution in [-0.4, -0.2) is 43.2 Å². The van der Waals surface area contributed by atoms with Gasteiger partial charge in [-0.25, -0.2) is 9.78 Å². The third kappa shape index (κ3) is 3.60. The molecule has 0 saturated heterocycles. The van der Waals surface area contributed by atoms with E-state index in [0.717, 1.165) is 35.6 Å². The van der Waals surface area contributed by atoms with Crippen molar-refractivity contribution < 1.29 is 0 Å². The highest BCUT2D eigenvalue weighted by atomic mass is 16.2. The fraction of sp³-hybridized carbons (Fsp3) is 0.450. The fourth-order valence-electron chi connectivity index (χ4n) is 3.43. The Bertz CT molecular complexity index is 1040. The van der Waals surface area contributed by atoms with E-state index < -0.39 is 0 Å². The third-order valence-corrected chi connectivity index (χ3v) is 5.17. The van der Waals surface area contributed by atoms with Gasteiger partial charge in [0.25, 0.3) is 5.56 Å². The number of nitrogens with zero attached hydrogens (tertiary/aromatic N) is 5. The summed E-state index contributed by atoms with van der Waals surface area (Å²) in [6, 6.07) is 10.1. The van der Waals surface area contributed by atoms with Crippen LogP contribution < -0.4 is 11.2 Å². The number of aromatic nitrogens is 4. The average molecular weight is 369 g/mol. The Hall–Kier alpha value is -2.67. The van der Waals surface area contributed by atoms with E-state index in [1.54, 1.807) is 7.05 Å². The summed E-state index contributed by atoms with van der Waals surface area (Å²) in [5, 5.41) is 0. The van der Waals surface area contributed by atoms with E-state index in [-0.39, 0.29) is 11.2 Å². The molecule has 3 aromatic rings. The molecule has 0 N–H and O–H groups in total. The van der Waals surface area contributed by atoms with E-state index in [1.807, 2.05) is 34.9 Å². The second kappa shape index (κ2) is 7.92. The van der Waals surface area contributed by atoms with Gasteiger partial charge in [0, 0.05) is 33.6 Å². The van der Waals surface area contributed by atoms with Crippen molar-refractivity contribution in [3.8, 4) is 0 Å². The Kier molecular flexibility index (Phi) is 5.60. The summed E-state index contributed by atoms with van der Waals surface area (Å²) in [5.74, 6) is 0.807. The quantitative estimate of drug-likeness (QED) is 0.631. The van der Waals surface area contributed by atoms with Gasteiger partial charge >= 0.3 is 5.69 Å². The van der Waals surface area contributed by atoms with Gasteiger partial charge in [0.2, 0.25) is 0 Å². The van der Waals surface area contributed by atoms with E-state index in [2.05, 4.69) is 18.7 Å². The molecule has 27 heavy (non-hydrogen) atoms. The first-order valence-electron chi connectivity index (χ1n) is 9.39. The van der Waals surface area contributed by atoms with Crippen molar-refractivity contribution in [3.05, 3.63) is 62.6 Å². The highest BCUT2D eigenvalue weighted by Gasteiger charge is 2.19. The summed E-state index contributed by atoms with van der Waals surface area (Å²) >= 11 is 0. The molecule has 2 aromatic heterocycles. The van der Waals surface area contributed by atoms with Crippen LogP contribution in [0.1, 0.15) is 25.2 Å². The van der Waals surface area contributed by atoms with Gasteiger partial charge in [-0.3, -0.25) is 13.9 Å². The second-order valence-corrected chi connectivity index (χ2v) is 6.75. The summed E-state index contributed by atoms with van der Waals surface area (Å²) in [5.41, 5.74) is 1.43. The van der Waals surface area contributed by atoms with Gasteiger partial charge in [-0.2, -0.15) is 0 Å². The van der Waals surface area contributed by atoms with E-state index in [0.29, 0.717) is 24.1 Å². The highest BCUT2D eigenvalue weighted by molar-refractivity contribution is 5.71. The minimum atomic E-state index is -0.354. The van der Waals surface area contributed by atoms with Crippen LogP contribution in [0.2, 0.25) is 0 Å². The number of aryl methyl sites for hydroxylation is 1. The van der Waals surface area contributed by atoms with Gasteiger partial charge in [0.1, 0.15) is 5.82 Å². The highest BCUT2D eigenvalue weighted by Crippen LogP contribution is 2.15. The van der Waals surface area contributed by atoms with Crippen LogP contribution in [0.15, 0.2) is 39.9 Å². The molecule has 0 amide bonds. The summed E-state index contributed by atoms with van der Waals surface area (Å²) in [6.45, 7) is 7.65. The van der Waals surface area contributed by atoms with Gasteiger partial charge in [-0.05, 0) is 18.7 Å². The van der Waals surface area contributed by atoms with Gasteiger partial charge in [-0.1, -0.05) is 44.2 Å². The third-order valence-electron chi connectivity index (χ3n) is 5.17. The van der Waals surface area contributed by atoms with Gasteiger partial charge in [0.05, 0.1) is 0 Å². The van der Waals surface area contributed by atoms with Crippen molar-refractivity contribution in [2.75, 3.05) is 19.6 Å². The molecule has 1 aromatic carbocycles. The van der Waals surface area contributed by atoms with Gasteiger partial charge < -0.3 is 9.47 Å². The molecule has 0 saturated carbocycles. The number of likely N-dealkylation sites (N-methyl/N-ethyl adjacent to an activating group) is 1. The molecule has 0 spiro atoms. The average Bonchev–Trinajstić information content (AvgIpc) is 3.04. The van der Waals surface area contributed by atoms with Crippen LogP contribution in [0.4, 0.5) is 0 Å². The fourth-order valence-corrected chi connectivity index (χ4v) is 3.43. The van der Waals surface area contributed by atoms with E-state index in [1.165, 1.54) is 11.6 Å². The molecular weight excluding hydrogens is 342 g/mol. The van der Waals surface area contributed by atoms with Crippen LogP contribution in [0.3, 0.4) is 0 Å². The molecule has 0 aliphatic carbocycles. The lowest BCUT2D eigenvalue weighted by atomic mass is 10.1. The zero-order valence-corrected chi connectivity index (χ0v) is 16.5. The van der Waals surface area contributed by atoms with Crippen molar-refractivity contribution in [1.29, 1.82) is 0 Å². The molecule has 2 heterocycles. The van der Waals surface area contributed by atoms with Crippen molar-refractivity contribution in [3.63, 3.8) is 0 Å². The first-order valence-corrected chi connectivity index (χ1v) is 9.39. The predicted molar refractivity (Wildman–Crippen MR) is 107 cm³/mol. The van der Waals surface area contributed by atoms with Crippen molar-refractivity contribution in [2.45, 2.75) is 26.8 Å². The molecule has 0 radical (unpaired) electrons. The molecule has 3 rings (SSSR count). The first-order chi connectivity index (χ1) is 13.0. The Labute approximate surface area is 158 Å². The SMILES string of the molecule is CCN(CC)CCn1c(Cc2ccccc2)nc2c1c(=O)n(C)c(=O)n2C. The predicted octanol–water partition coefficient (Wildman–Crippen LogP) is 1.37. The molecule has 0 aliphatic rings. The van der Waals surface area contributed by atoms with Crippen LogP contribution in [0.5, 0.6) is 0 Å². The minimum absolute atomic E-state index is 0.292. The number of rotatable bonds is 7. The topological polar surface area (TPSA) is 65.1 Å². The largest absolute Gasteiger partial charge is 0.332 e. The standard InChI is InChI=1S/C20H27N5O2/c1-5-24(6-2)12-13-25-16(14-15-10-8-7-9-11-15)21-18-17(25)19(26)23(4)20(27)22(18)3/h7-11H,5-6,12-14H2,1-4H3. The number of hydrogen-bond donors (Lipinski definition) is 0. The Balaban J connectivity index is 2.16. The van der Waals surface area contributed by atoms with Crippen molar-refractivity contribution in [2.24, 2.45) is 14.1 Å². The Morgan fingerprint density at radius 3 is 2.30 bits per heavy atom. The first kappa shape index (κ1) is 19.1. The maximum absolute atomic E-state index is 12.8. The second-order valence-electron chi connectivity index (χ2n) is 6.75. The number of imidazole rings is 1. The minimum Gasteiger partial charge on any atom is -0.321 e. The molecule has 0 bridgehead atoms. The summed E-state index contributed by atoms with van der Waals surface area (Å²) in [6.07, 6.45) is 0.616. The normalized spacial score (nSPS) is 11.6. The molecule has 144 valence electrons. The molecular formula is C20H27N5O2. The molecule has 0 atom stereocenters. The Morgan fingerprint density at radius 1 is 1.00 bits per heavy atom. The van der Waals surface area contributed by atoms with Crippen LogP contribution in [0.25, 0.3) is 11.2 Å². The lowest BCUT2D eigenvalue weighted by Crippen LogP contribution is -2.38. The summed E-state index contributed by atoms with van der Waals surface area (Å²) in [7, 11) is 3.18. The van der Waals surface area contributed by atoms with Crippen LogP contribution in [0, 0.1) is 0 Å². The van der Waals surface area contributed by atoms with E-state index >= 15 is 0 Å². The molecule has 7 nitrogen and oxygen atoms in total. The molecule has 0 fully saturated rings. The number of benzene rings is 1. The van der Waals surface area contributed by atoms with Crippen molar-refractivity contribution >= 4 is 11.2 Å².